The van der Waals surface area contributed by atoms with Crippen molar-refractivity contribution in [3.05, 3.63) is 24.3 Å². The molecule has 0 saturated carbocycles. The Morgan fingerprint density at radius 2 is 1.92 bits per heavy atom. The number of fused-ring (bicyclic) bond motifs is 1. The van der Waals surface area contributed by atoms with Crippen molar-refractivity contribution < 1.29 is 19.1 Å². The van der Waals surface area contributed by atoms with Gasteiger partial charge in [-0.25, -0.2) is 0 Å². The Morgan fingerprint density at radius 1 is 1.19 bits per heavy atom. The highest BCUT2D eigenvalue weighted by molar-refractivity contribution is 6.00. The van der Waals surface area contributed by atoms with Crippen LogP contribution in [0.4, 0.5) is 5.69 Å². The summed E-state index contributed by atoms with van der Waals surface area (Å²) in [6.45, 7) is 3.97. The Balaban J connectivity index is 1.46. The van der Waals surface area contributed by atoms with Crippen LogP contribution in [0, 0.1) is 0 Å². The molecule has 2 heterocycles. The number of amides is 3. The standard InChI is InChI=1S/C19H25N3O4/c1-14-19(25)22(15-6-2-3-7-16(15)26-14)13-9-17(23)20-10-8-18(24)21-11-4-5-12-21/h2-3,6-7,14H,4-5,8-13H2,1H3,(H,20,23). The lowest BCUT2D eigenvalue weighted by atomic mass is 10.1. The fourth-order valence-corrected chi connectivity index (χ4v) is 3.32. The third-order valence-electron chi connectivity index (χ3n) is 4.76. The summed E-state index contributed by atoms with van der Waals surface area (Å²) in [6.07, 6.45) is 2.07. The number of carbonyl (C=O) groups is 3. The van der Waals surface area contributed by atoms with Crippen LogP contribution in [-0.2, 0) is 14.4 Å². The van der Waals surface area contributed by atoms with Crippen LogP contribution < -0.4 is 15.0 Å². The van der Waals surface area contributed by atoms with E-state index in [0.717, 1.165) is 25.9 Å². The SMILES string of the molecule is CC1Oc2ccccc2N(CCC(=O)NCCC(=O)N2CCCC2)C1=O. The second-order valence-corrected chi connectivity index (χ2v) is 6.66. The van der Waals surface area contributed by atoms with E-state index in [1.807, 2.05) is 29.2 Å². The predicted molar refractivity (Wildman–Crippen MR) is 96.9 cm³/mol. The maximum absolute atomic E-state index is 12.4. The second kappa shape index (κ2) is 8.21. The zero-order valence-corrected chi connectivity index (χ0v) is 15.1. The molecule has 140 valence electrons. The molecule has 0 radical (unpaired) electrons. The van der Waals surface area contributed by atoms with Crippen molar-refractivity contribution in [2.24, 2.45) is 0 Å². The van der Waals surface area contributed by atoms with Gasteiger partial charge in [0, 0.05) is 39.0 Å². The van der Waals surface area contributed by atoms with Crippen LogP contribution in [0.2, 0.25) is 0 Å². The second-order valence-electron chi connectivity index (χ2n) is 6.66. The number of likely N-dealkylation sites (tertiary alicyclic amines) is 1. The van der Waals surface area contributed by atoms with Crippen molar-refractivity contribution in [3.63, 3.8) is 0 Å². The highest BCUT2D eigenvalue weighted by Gasteiger charge is 2.31. The van der Waals surface area contributed by atoms with Crippen molar-refractivity contribution >= 4 is 23.4 Å². The van der Waals surface area contributed by atoms with Crippen LogP contribution >= 0.6 is 0 Å². The van der Waals surface area contributed by atoms with Crippen molar-refractivity contribution in [1.82, 2.24) is 10.2 Å². The van der Waals surface area contributed by atoms with Gasteiger partial charge in [-0.15, -0.1) is 0 Å². The lowest BCUT2D eigenvalue weighted by Crippen LogP contribution is -2.45. The van der Waals surface area contributed by atoms with Gasteiger partial charge in [0.05, 0.1) is 5.69 Å². The van der Waals surface area contributed by atoms with Gasteiger partial charge in [-0.2, -0.15) is 0 Å². The van der Waals surface area contributed by atoms with E-state index < -0.39 is 6.10 Å². The summed E-state index contributed by atoms with van der Waals surface area (Å²) in [6, 6.07) is 7.31. The smallest absolute Gasteiger partial charge is 0.267 e. The number of benzene rings is 1. The van der Waals surface area contributed by atoms with Crippen LogP contribution in [0.15, 0.2) is 24.3 Å². The van der Waals surface area contributed by atoms with Crippen molar-refractivity contribution in [1.29, 1.82) is 0 Å². The first kappa shape index (κ1) is 18.2. The average molecular weight is 359 g/mol. The lowest BCUT2D eigenvalue weighted by molar-refractivity contribution is -0.130. The third kappa shape index (κ3) is 4.15. The van der Waals surface area contributed by atoms with Crippen molar-refractivity contribution in [2.45, 2.75) is 38.7 Å². The molecular weight excluding hydrogens is 334 g/mol. The number of carbonyl (C=O) groups excluding carboxylic acids is 3. The molecule has 1 fully saturated rings. The van der Waals surface area contributed by atoms with E-state index in [1.54, 1.807) is 11.8 Å². The summed E-state index contributed by atoms with van der Waals surface area (Å²) in [5.41, 5.74) is 0.688. The zero-order chi connectivity index (χ0) is 18.5. The molecule has 1 N–H and O–H groups in total. The van der Waals surface area contributed by atoms with E-state index >= 15 is 0 Å². The van der Waals surface area contributed by atoms with Crippen LogP contribution in [0.1, 0.15) is 32.6 Å². The number of nitrogens with zero attached hydrogens (tertiary/aromatic N) is 2. The molecule has 3 amide bonds. The molecule has 0 aromatic heterocycles. The molecule has 1 saturated heterocycles. The first-order valence-electron chi connectivity index (χ1n) is 9.18. The van der Waals surface area contributed by atoms with E-state index in [1.165, 1.54) is 0 Å². The summed E-state index contributed by atoms with van der Waals surface area (Å²) in [7, 11) is 0. The molecule has 1 aromatic rings. The summed E-state index contributed by atoms with van der Waals surface area (Å²) in [4.78, 5) is 39.8. The van der Waals surface area contributed by atoms with Gasteiger partial charge in [-0.1, -0.05) is 12.1 Å². The van der Waals surface area contributed by atoms with Gasteiger partial charge in [0.25, 0.3) is 5.91 Å². The minimum atomic E-state index is -0.564. The number of hydrogen-bond acceptors (Lipinski definition) is 4. The molecular formula is C19H25N3O4. The normalized spacial score (nSPS) is 19.1. The van der Waals surface area contributed by atoms with Crippen LogP contribution in [0.3, 0.4) is 0 Å². The Hall–Kier alpha value is -2.57. The van der Waals surface area contributed by atoms with Crippen LogP contribution in [0.5, 0.6) is 5.75 Å². The van der Waals surface area contributed by atoms with Crippen LogP contribution in [0.25, 0.3) is 0 Å². The van der Waals surface area contributed by atoms with Gasteiger partial charge in [-0.3, -0.25) is 14.4 Å². The van der Waals surface area contributed by atoms with E-state index in [2.05, 4.69) is 5.32 Å². The third-order valence-corrected chi connectivity index (χ3v) is 4.76. The molecule has 1 unspecified atom stereocenters. The molecule has 0 spiro atoms. The maximum atomic E-state index is 12.4. The Morgan fingerprint density at radius 3 is 2.69 bits per heavy atom. The summed E-state index contributed by atoms with van der Waals surface area (Å²) in [5, 5.41) is 2.77. The molecule has 1 atom stereocenters. The molecule has 7 nitrogen and oxygen atoms in total. The first-order valence-corrected chi connectivity index (χ1v) is 9.18. The molecule has 26 heavy (non-hydrogen) atoms. The molecule has 3 rings (SSSR count). The van der Waals surface area contributed by atoms with E-state index in [0.29, 0.717) is 24.4 Å². The molecule has 1 aromatic carbocycles. The van der Waals surface area contributed by atoms with E-state index in [4.69, 9.17) is 4.74 Å². The van der Waals surface area contributed by atoms with Gasteiger partial charge < -0.3 is 19.9 Å². The number of nitrogens with one attached hydrogen (secondary N) is 1. The summed E-state index contributed by atoms with van der Waals surface area (Å²) in [5.74, 6) is 0.425. The lowest BCUT2D eigenvalue weighted by Gasteiger charge is -2.32. The Bertz CT molecular complexity index is 685. The number of hydrogen-bond donors (Lipinski definition) is 1. The van der Waals surface area contributed by atoms with Gasteiger partial charge in [0.2, 0.25) is 11.8 Å². The minimum absolute atomic E-state index is 0.0916. The summed E-state index contributed by atoms with van der Waals surface area (Å²) < 4.78 is 5.59. The number of ether oxygens (including phenoxy) is 1. The average Bonchev–Trinajstić information content (AvgIpc) is 3.17. The minimum Gasteiger partial charge on any atom is -0.479 e. The molecule has 0 bridgehead atoms. The van der Waals surface area contributed by atoms with Gasteiger partial charge in [0.1, 0.15) is 5.75 Å². The maximum Gasteiger partial charge on any atom is 0.267 e. The van der Waals surface area contributed by atoms with Gasteiger partial charge in [-0.05, 0) is 31.9 Å². The van der Waals surface area contributed by atoms with Crippen molar-refractivity contribution in [3.8, 4) is 5.75 Å². The van der Waals surface area contributed by atoms with E-state index in [9.17, 15) is 14.4 Å². The van der Waals surface area contributed by atoms with Crippen molar-refractivity contribution in [2.75, 3.05) is 31.1 Å². The van der Waals surface area contributed by atoms with E-state index in [-0.39, 0.29) is 30.7 Å². The largest absolute Gasteiger partial charge is 0.479 e. The zero-order valence-electron chi connectivity index (χ0n) is 15.1. The summed E-state index contributed by atoms with van der Waals surface area (Å²) >= 11 is 0. The fourth-order valence-electron chi connectivity index (χ4n) is 3.32. The highest BCUT2D eigenvalue weighted by Crippen LogP contribution is 2.33. The van der Waals surface area contributed by atoms with Gasteiger partial charge in [0.15, 0.2) is 6.10 Å². The Kier molecular flexibility index (Phi) is 5.75. The Labute approximate surface area is 153 Å². The monoisotopic (exact) mass is 359 g/mol. The first-order chi connectivity index (χ1) is 12.6. The quantitative estimate of drug-likeness (QED) is 0.831. The molecule has 0 aliphatic carbocycles. The predicted octanol–water partition coefficient (Wildman–Crippen LogP) is 1.32. The van der Waals surface area contributed by atoms with Crippen LogP contribution in [-0.4, -0.2) is 54.9 Å². The molecule has 2 aliphatic heterocycles. The highest BCUT2D eigenvalue weighted by atomic mass is 16.5. The number of para-hydroxylation sites is 2. The number of rotatable bonds is 6. The molecule has 7 heteroatoms. The fraction of sp³-hybridized carbons (Fsp3) is 0.526. The van der Waals surface area contributed by atoms with Gasteiger partial charge >= 0.3 is 0 Å². The number of anilines is 1. The molecule has 2 aliphatic rings. The topological polar surface area (TPSA) is 79.0 Å².